The summed E-state index contributed by atoms with van der Waals surface area (Å²) in [6.45, 7) is 2.62. The van der Waals surface area contributed by atoms with Crippen LogP contribution in [0.15, 0.2) is 24.3 Å². The summed E-state index contributed by atoms with van der Waals surface area (Å²) in [7, 11) is 1.97. The molecular formula is C13H19NO2. The van der Waals surface area contributed by atoms with Gasteiger partial charge in [-0.3, -0.25) is 0 Å². The van der Waals surface area contributed by atoms with Crippen LogP contribution in [-0.2, 0) is 11.2 Å². The van der Waals surface area contributed by atoms with Crippen molar-refractivity contribution in [2.75, 3.05) is 26.8 Å². The highest BCUT2D eigenvalue weighted by Gasteiger charge is 2.34. The number of benzene rings is 1. The van der Waals surface area contributed by atoms with Crippen LogP contribution in [0, 0.1) is 5.41 Å². The maximum absolute atomic E-state index is 9.45. The fourth-order valence-electron chi connectivity index (χ4n) is 2.47. The zero-order chi connectivity index (χ0) is 11.4. The molecule has 3 nitrogen and oxygen atoms in total. The highest BCUT2D eigenvalue weighted by atomic mass is 16.5. The number of hydrogen-bond donors (Lipinski definition) is 2. The van der Waals surface area contributed by atoms with Crippen molar-refractivity contribution in [2.45, 2.75) is 12.8 Å². The molecule has 2 rings (SSSR count). The Balaban J connectivity index is 2.11. The first kappa shape index (κ1) is 11.4. The molecule has 1 unspecified atom stereocenters. The summed E-state index contributed by atoms with van der Waals surface area (Å²) in [5, 5.41) is 12.7. The normalized spacial score (nSPS) is 24.8. The topological polar surface area (TPSA) is 41.5 Å². The third-order valence-corrected chi connectivity index (χ3v) is 3.23. The molecular weight excluding hydrogens is 202 g/mol. The maximum atomic E-state index is 9.45. The minimum absolute atomic E-state index is 0.197. The summed E-state index contributed by atoms with van der Waals surface area (Å²) in [6, 6.07) is 7.51. The van der Waals surface area contributed by atoms with Gasteiger partial charge in [0.25, 0.3) is 0 Å². The lowest BCUT2D eigenvalue weighted by Gasteiger charge is -2.27. The van der Waals surface area contributed by atoms with E-state index >= 15 is 0 Å². The largest absolute Gasteiger partial charge is 0.508 e. The van der Waals surface area contributed by atoms with E-state index in [0.29, 0.717) is 5.75 Å². The molecule has 0 radical (unpaired) electrons. The van der Waals surface area contributed by atoms with Crippen molar-refractivity contribution >= 4 is 0 Å². The van der Waals surface area contributed by atoms with Crippen molar-refractivity contribution in [3.8, 4) is 5.75 Å². The molecule has 16 heavy (non-hydrogen) atoms. The van der Waals surface area contributed by atoms with Gasteiger partial charge in [0.15, 0.2) is 0 Å². The zero-order valence-corrected chi connectivity index (χ0v) is 9.70. The van der Waals surface area contributed by atoms with E-state index in [0.717, 1.165) is 32.6 Å². The molecule has 1 fully saturated rings. The van der Waals surface area contributed by atoms with Crippen LogP contribution >= 0.6 is 0 Å². The highest BCUT2D eigenvalue weighted by Crippen LogP contribution is 2.32. The summed E-state index contributed by atoms with van der Waals surface area (Å²) in [4.78, 5) is 0. The number of phenolic OH excluding ortho intramolecular Hbond substituents is 1. The Morgan fingerprint density at radius 1 is 1.50 bits per heavy atom. The minimum atomic E-state index is 0.197. The van der Waals surface area contributed by atoms with Gasteiger partial charge in [-0.05, 0) is 37.6 Å². The molecule has 1 atom stereocenters. The van der Waals surface area contributed by atoms with E-state index in [2.05, 4.69) is 11.4 Å². The van der Waals surface area contributed by atoms with Gasteiger partial charge in [-0.15, -0.1) is 0 Å². The molecule has 1 heterocycles. The quantitative estimate of drug-likeness (QED) is 0.810. The summed E-state index contributed by atoms with van der Waals surface area (Å²) < 4.78 is 5.51. The SMILES string of the molecule is CNCC1(Cc2cccc(O)c2)CCOC1. The Morgan fingerprint density at radius 3 is 3.00 bits per heavy atom. The fraction of sp³-hybridized carbons (Fsp3) is 0.538. The number of aromatic hydroxyl groups is 1. The predicted octanol–water partition coefficient (Wildman–Crippen LogP) is 1.56. The van der Waals surface area contributed by atoms with Crippen LogP contribution in [-0.4, -0.2) is 31.9 Å². The predicted molar refractivity (Wildman–Crippen MR) is 63.6 cm³/mol. The van der Waals surface area contributed by atoms with Crippen LogP contribution in [0.4, 0.5) is 0 Å². The molecule has 0 amide bonds. The summed E-state index contributed by atoms with van der Waals surface area (Å²) >= 11 is 0. The highest BCUT2D eigenvalue weighted by molar-refractivity contribution is 5.28. The molecule has 0 aliphatic carbocycles. The van der Waals surface area contributed by atoms with E-state index < -0.39 is 0 Å². The first-order valence-corrected chi connectivity index (χ1v) is 5.74. The Bertz CT molecular complexity index is 346. The monoisotopic (exact) mass is 221 g/mol. The Kier molecular flexibility index (Phi) is 3.46. The van der Waals surface area contributed by atoms with Gasteiger partial charge in [0.2, 0.25) is 0 Å². The van der Waals surface area contributed by atoms with E-state index in [1.54, 1.807) is 6.07 Å². The molecule has 1 aliphatic heterocycles. The van der Waals surface area contributed by atoms with E-state index in [9.17, 15) is 5.11 Å². The van der Waals surface area contributed by atoms with E-state index in [1.165, 1.54) is 5.56 Å². The number of phenols is 1. The maximum Gasteiger partial charge on any atom is 0.115 e. The molecule has 0 saturated carbocycles. The molecule has 1 aliphatic rings. The van der Waals surface area contributed by atoms with Crippen LogP contribution in [0.2, 0.25) is 0 Å². The Hall–Kier alpha value is -1.06. The Labute approximate surface area is 96.4 Å². The molecule has 0 spiro atoms. The first-order chi connectivity index (χ1) is 7.74. The van der Waals surface area contributed by atoms with Gasteiger partial charge in [0.1, 0.15) is 5.75 Å². The smallest absolute Gasteiger partial charge is 0.115 e. The molecule has 0 aromatic heterocycles. The average molecular weight is 221 g/mol. The number of ether oxygens (including phenoxy) is 1. The second-order valence-corrected chi connectivity index (χ2v) is 4.68. The lowest BCUT2D eigenvalue weighted by atomic mass is 9.81. The van der Waals surface area contributed by atoms with Gasteiger partial charge in [0.05, 0.1) is 6.61 Å². The van der Waals surface area contributed by atoms with Crippen LogP contribution in [0.1, 0.15) is 12.0 Å². The second-order valence-electron chi connectivity index (χ2n) is 4.68. The van der Waals surface area contributed by atoms with Crippen molar-refractivity contribution in [3.05, 3.63) is 29.8 Å². The Morgan fingerprint density at radius 2 is 2.38 bits per heavy atom. The summed E-state index contributed by atoms with van der Waals surface area (Å²) in [6.07, 6.45) is 2.05. The standard InChI is InChI=1S/C13H19NO2/c1-14-9-13(5-6-16-10-13)8-11-3-2-4-12(15)7-11/h2-4,7,14-15H,5-6,8-10H2,1H3. The lowest BCUT2D eigenvalue weighted by molar-refractivity contribution is 0.150. The van der Waals surface area contributed by atoms with Gasteiger partial charge >= 0.3 is 0 Å². The molecule has 2 N–H and O–H groups in total. The molecule has 1 aromatic rings. The van der Waals surface area contributed by atoms with Gasteiger partial charge in [-0.1, -0.05) is 12.1 Å². The van der Waals surface area contributed by atoms with Crippen molar-refractivity contribution in [2.24, 2.45) is 5.41 Å². The second kappa shape index (κ2) is 4.85. The van der Waals surface area contributed by atoms with Crippen LogP contribution in [0.25, 0.3) is 0 Å². The van der Waals surface area contributed by atoms with Crippen LogP contribution in [0.3, 0.4) is 0 Å². The van der Waals surface area contributed by atoms with Gasteiger partial charge in [-0.25, -0.2) is 0 Å². The average Bonchev–Trinajstić information content (AvgIpc) is 2.67. The van der Waals surface area contributed by atoms with E-state index in [-0.39, 0.29) is 5.41 Å². The third kappa shape index (κ3) is 2.54. The number of hydrogen-bond acceptors (Lipinski definition) is 3. The van der Waals surface area contributed by atoms with Gasteiger partial charge in [0, 0.05) is 18.6 Å². The van der Waals surface area contributed by atoms with Gasteiger partial charge < -0.3 is 15.2 Å². The summed E-state index contributed by atoms with van der Waals surface area (Å²) in [5.74, 6) is 0.344. The first-order valence-electron chi connectivity index (χ1n) is 5.74. The molecule has 3 heteroatoms. The molecule has 1 saturated heterocycles. The number of rotatable bonds is 4. The van der Waals surface area contributed by atoms with E-state index in [4.69, 9.17) is 4.74 Å². The zero-order valence-electron chi connectivity index (χ0n) is 9.70. The van der Waals surface area contributed by atoms with Crippen molar-refractivity contribution in [1.82, 2.24) is 5.32 Å². The van der Waals surface area contributed by atoms with Gasteiger partial charge in [-0.2, -0.15) is 0 Å². The van der Waals surface area contributed by atoms with Crippen molar-refractivity contribution in [1.29, 1.82) is 0 Å². The minimum Gasteiger partial charge on any atom is -0.508 e. The lowest BCUT2D eigenvalue weighted by Crippen LogP contribution is -2.35. The molecule has 0 bridgehead atoms. The number of nitrogens with one attached hydrogen (secondary N) is 1. The third-order valence-electron chi connectivity index (χ3n) is 3.23. The van der Waals surface area contributed by atoms with Crippen molar-refractivity contribution < 1.29 is 9.84 Å². The van der Waals surface area contributed by atoms with Crippen molar-refractivity contribution in [3.63, 3.8) is 0 Å². The van der Waals surface area contributed by atoms with Crippen LogP contribution < -0.4 is 5.32 Å². The molecule has 1 aromatic carbocycles. The van der Waals surface area contributed by atoms with Crippen LogP contribution in [0.5, 0.6) is 5.75 Å². The summed E-state index contributed by atoms with van der Waals surface area (Å²) in [5.41, 5.74) is 1.38. The van der Waals surface area contributed by atoms with E-state index in [1.807, 2.05) is 19.2 Å². The fourth-order valence-corrected chi connectivity index (χ4v) is 2.47. The molecule has 88 valence electrons.